The van der Waals surface area contributed by atoms with Crippen molar-refractivity contribution in [3.8, 4) is 0 Å². The minimum Gasteiger partial charge on any atom is -0.302 e. The van der Waals surface area contributed by atoms with Crippen molar-refractivity contribution in [1.82, 2.24) is 0 Å². The number of hydrogen-bond acceptors (Lipinski definition) is 3. The minimum atomic E-state index is 0.271. The molecule has 4 heteroatoms. The van der Waals surface area contributed by atoms with Crippen molar-refractivity contribution in [2.24, 2.45) is 34.5 Å². The van der Waals surface area contributed by atoms with Gasteiger partial charge in [-0.15, -0.1) is 0 Å². The average molecular weight is 505 g/mol. The fraction of sp³-hybridized carbons (Fsp3) is 0.870. The highest BCUT2D eigenvalue weighted by Crippen LogP contribution is 2.66. The quantitative estimate of drug-likeness (QED) is 0.225. The maximum absolute atomic E-state index is 12.2. The summed E-state index contributed by atoms with van der Waals surface area (Å²) < 4.78 is 5.86. The van der Waals surface area contributed by atoms with E-state index in [2.05, 4.69) is 41.1 Å². The summed E-state index contributed by atoms with van der Waals surface area (Å²) in [5, 5.41) is 0. The van der Waals surface area contributed by atoms with E-state index >= 15 is 0 Å². The van der Waals surface area contributed by atoms with Crippen molar-refractivity contribution in [2.45, 2.75) is 92.1 Å². The topological polar surface area (TPSA) is 26.3 Å². The maximum atomic E-state index is 12.2. The van der Waals surface area contributed by atoms with Gasteiger partial charge in [0.25, 0.3) is 0 Å². The highest BCUT2D eigenvalue weighted by Gasteiger charge is 2.59. The zero-order valence-electron chi connectivity index (χ0n) is 17.7. The van der Waals surface area contributed by atoms with Gasteiger partial charge in [-0.3, -0.25) is 4.79 Å². The van der Waals surface area contributed by atoms with Gasteiger partial charge in [0.15, 0.2) is 0 Å². The molecule has 0 spiro atoms. The lowest BCUT2D eigenvalue weighted by Crippen LogP contribution is -2.50. The Labute approximate surface area is 182 Å². The molecule has 2 nitrogen and oxygen atoms in total. The third kappa shape index (κ3) is 3.69. The molecular formula is C23H37IO2S. The molecule has 0 amide bonds. The van der Waals surface area contributed by atoms with Crippen LogP contribution in [0.15, 0.2) is 11.6 Å². The predicted octanol–water partition coefficient (Wildman–Crippen LogP) is 7.56. The molecule has 0 aromatic heterocycles. The van der Waals surface area contributed by atoms with Gasteiger partial charge in [0.1, 0.15) is 5.78 Å². The van der Waals surface area contributed by atoms with Crippen molar-refractivity contribution in [3.05, 3.63) is 11.6 Å². The first-order valence-corrected chi connectivity index (χ1v) is 14.3. The van der Waals surface area contributed by atoms with E-state index in [0.717, 1.165) is 30.6 Å². The predicted molar refractivity (Wildman–Crippen MR) is 124 cm³/mol. The van der Waals surface area contributed by atoms with Crippen LogP contribution in [0.4, 0.5) is 0 Å². The Morgan fingerprint density at radius 1 is 1.15 bits per heavy atom. The smallest absolute Gasteiger partial charge is 0.133 e. The van der Waals surface area contributed by atoms with Crippen LogP contribution in [0.3, 0.4) is 0 Å². The van der Waals surface area contributed by atoms with Crippen LogP contribution in [-0.2, 0) is 8.98 Å². The van der Waals surface area contributed by atoms with E-state index in [4.69, 9.17) is 4.18 Å². The molecule has 0 bridgehead atoms. The molecule has 3 saturated carbocycles. The van der Waals surface area contributed by atoms with Crippen molar-refractivity contribution < 1.29 is 8.98 Å². The van der Waals surface area contributed by atoms with Crippen LogP contribution in [0.5, 0.6) is 0 Å². The number of carbonyl (C=O) groups is 1. The maximum Gasteiger partial charge on any atom is 0.133 e. The van der Waals surface area contributed by atoms with E-state index in [0.29, 0.717) is 23.2 Å². The number of ketones is 1. The Morgan fingerprint density at radius 3 is 2.56 bits per heavy atom. The van der Waals surface area contributed by atoms with Gasteiger partial charge in [0.05, 0.1) is 15.3 Å². The largest absolute Gasteiger partial charge is 0.302 e. The Hall–Kier alpha value is 0.450. The van der Waals surface area contributed by atoms with Gasteiger partial charge in [-0.2, -0.15) is 0 Å². The molecule has 7 unspecified atom stereocenters. The third-order valence-corrected chi connectivity index (χ3v) is 9.69. The van der Waals surface area contributed by atoms with Crippen LogP contribution < -0.4 is 0 Å². The zero-order chi connectivity index (χ0) is 19.8. The number of allylic oxidation sites excluding steroid dienone is 1. The second-order valence-electron chi connectivity index (χ2n) is 9.57. The van der Waals surface area contributed by atoms with Gasteiger partial charge >= 0.3 is 0 Å². The van der Waals surface area contributed by atoms with Crippen molar-refractivity contribution in [2.75, 3.05) is 0 Å². The molecule has 154 valence electrons. The summed E-state index contributed by atoms with van der Waals surface area (Å²) in [6.07, 6.45) is 12.8. The molecule has 27 heavy (non-hydrogen) atoms. The summed E-state index contributed by atoms with van der Waals surface area (Å²) in [5.74, 6) is 3.14. The van der Waals surface area contributed by atoms with Crippen molar-refractivity contribution >= 4 is 36.2 Å². The van der Waals surface area contributed by atoms with Crippen LogP contribution in [0.1, 0.15) is 86.0 Å². The molecule has 0 aromatic rings. The normalized spacial score (nSPS) is 45.6. The lowest BCUT2D eigenvalue weighted by molar-refractivity contribution is -0.127. The molecule has 4 aliphatic rings. The van der Waals surface area contributed by atoms with E-state index in [-0.39, 0.29) is 5.41 Å². The van der Waals surface area contributed by atoms with Crippen LogP contribution in [0.2, 0.25) is 0 Å². The second-order valence-corrected chi connectivity index (χ2v) is 11.0. The molecule has 7 atom stereocenters. The molecular weight excluding hydrogens is 467 g/mol. The van der Waals surface area contributed by atoms with E-state index in [1.165, 1.54) is 47.7 Å². The lowest BCUT2D eigenvalue weighted by atomic mass is 9.47. The van der Waals surface area contributed by atoms with Gasteiger partial charge in [0, 0.05) is 27.1 Å². The van der Waals surface area contributed by atoms with Gasteiger partial charge in [0.2, 0.25) is 0 Å². The average Bonchev–Trinajstić information content (AvgIpc) is 3.01. The van der Waals surface area contributed by atoms with Crippen LogP contribution in [0.25, 0.3) is 0 Å². The monoisotopic (exact) mass is 504 g/mol. The molecule has 0 radical (unpaired) electrons. The van der Waals surface area contributed by atoms with E-state index in [1.54, 1.807) is 5.57 Å². The number of halogens is 1. The molecule has 0 aromatic carbocycles. The number of Topliss-reactive ketones (excluding diaryl/α,β-unsaturated/α-hetero) is 1. The number of carbonyl (C=O) groups excluding carboxylic acids is 1. The molecule has 4 rings (SSSR count). The molecule has 0 saturated heterocycles. The highest BCUT2D eigenvalue weighted by molar-refractivity contribution is 14.2. The summed E-state index contributed by atoms with van der Waals surface area (Å²) in [6.45, 7) is 10.8. The van der Waals surface area contributed by atoms with E-state index < -0.39 is 0 Å². The zero-order valence-corrected chi connectivity index (χ0v) is 20.7. The fourth-order valence-electron chi connectivity index (χ4n) is 7.43. The minimum absolute atomic E-state index is 0.271. The van der Waals surface area contributed by atoms with E-state index in [9.17, 15) is 4.79 Å². The van der Waals surface area contributed by atoms with Gasteiger partial charge in [-0.05, 0) is 86.9 Å². The highest BCUT2D eigenvalue weighted by atomic mass is 127. The Morgan fingerprint density at radius 2 is 1.89 bits per heavy atom. The molecule has 0 heterocycles. The van der Waals surface area contributed by atoms with Crippen molar-refractivity contribution in [3.63, 3.8) is 0 Å². The second kappa shape index (κ2) is 8.67. The molecule has 3 fully saturated rings. The number of hydrogen-bond donors (Lipinski definition) is 0. The first-order valence-electron chi connectivity index (χ1n) is 11.0. The number of rotatable bonds is 3. The Kier molecular flexibility index (Phi) is 7.11. The standard InChI is InChI=1S/C21H31IO2S.C2H6/c1-13(23)17-6-7-18-16-5-4-14-12-15(24-25-22)8-10-20(14,2)19(16)9-11-21(17,18)3;1-2/h4,15-19H,5-12H2,1-3H3;1-2H3. The molecule has 4 aliphatic carbocycles. The first kappa shape index (κ1) is 22.1. The van der Waals surface area contributed by atoms with Gasteiger partial charge < -0.3 is 4.18 Å². The SMILES string of the molecule is CC.CC(=O)C1CCC2C3CC=C4CC(OSI)CCC4(C)C3CCC12C. The fourth-order valence-corrected chi connectivity index (χ4v) is 8.58. The Bertz CT molecular complexity index is 591. The summed E-state index contributed by atoms with van der Waals surface area (Å²) in [6, 6.07) is 0. The van der Waals surface area contributed by atoms with Crippen LogP contribution >= 0.6 is 30.4 Å². The summed E-state index contributed by atoms with van der Waals surface area (Å²) in [4.78, 5) is 12.2. The van der Waals surface area contributed by atoms with Crippen LogP contribution in [-0.4, -0.2) is 11.9 Å². The number of fused-ring (bicyclic) bond motifs is 5. The summed E-state index contributed by atoms with van der Waals surface area (Å²) in [5.41, 5.74) is 2.33. The first-order chi connectivity index (χ1) is 12.9. The van der Waals surface area contributed by atoms with Gasteiger partial charge in [-0.25, -0.2) is 0 Å². The molecule has 0 N–H and O–H groups in total. The lowest BCUT2D eigenvalue weighted by Gasteiger charge is -2.58. The third-order valence-electron chi connectivity index (χ3n) is 8.72. The van der Waals surface area contributed by atoms with Crippen LogP contribution in [0, 0.1) is 34.5 Å². The summed E-state index contributed by atoms with van der Waals surface area (Å²) >= 11 is 2.24. The van der Waals surface area contributed by atoms with Gasteiger partial charge in [-0.1, -0.05) is 39.3 Å². The summed E-state index contributed by atoms with van der Waals surface area (Å²) in [7, 11) is 1.49. The van der Waals surface area contributed by atoms with Crippen molar-refractivity contribution in [1.29, 1.82) is 0 Å². The molecule has 0 aliphatic heterocycles. The Balaban J connectivity index is 0.00000102. The van der Waals surface area contributed by atoms with E-state index in [1.807, 2.05) is 20.8 Å².